The zero-order valence-corrected chi connectivity index (χ0v) is 16.1. The van der Waals surface area contributed by atoms with Gasteiger partial charge in [0.25, 0.3) is 11.5 Å². The van der Waals surface area contributed by atoms with Gasteiger partial charge in [0.1, 0.15) is 6.33 Å². The van der Waals surface area contributed by atoms with Crippen LogP contribution in [-0.4, -0.2) is 30.5 Å². The van der Waals surface area contributed by atoms with Gasteiger partial charge >= 0.3 is 0 Å². The number of carbonyl (C=O) groups excluding carboxylic acids is 1. The molecule has 0 aliphatic rings. The number of hydrogen-bond acceptors (Lipinski definition) is 5. The molecule has 0 saturated heterocycles. The van der Waals surface area contributed by atoms with Crippen molar-refractivity contribution in [3.63, 3.8) is 0 Å². The van der Waals surface area contributed by atoms with E-state index in [0.717, 1.165) is 11.3 Å². The van der Waals surface area contributed by atoms with Crippen molar-refractivity contribution in [3.8, 4) is 0 Å². The van der Waals surface area contributed by atoms with E-state index in [9.17, 15) is 9.59 Å². The molecule has 1 unspecified atom stereocenters. The van der Waals surface area contributed by atoms with Crippen molar-refractivity contribution < 1.29 is 4.79 Å². The summed E-state index contributed by atoms with van der Waals surface area (Å²) in [6.07, 6.45) is 3.28. The van der Waals surface area contributed by atoms with Crippen molar-refractivity contribution in [1.82, 2.24) is 29.9 Å². The topological polar surface area (TPSA) is 105 Å². The molecule has 1 atom stereocenters. The van der Waals surface area contributed by atoms with Crippen LogP contribution in [0.4, 0.5) is 0 Å². The minimum absolute atomic E-state index is 0.191. The van der Waals surface area contributed by atoms with E-state index in [1.807, 2.05) is 43.3 Å². The molecule has 4 rings (SSSR count). The Kier molecular flexibility index (Phi) is 4.90. The summed E-state index contributed by atoms with van der Waals surface area (Å²) in [6.45, 7) is 3.63. The van der Waals surface area contributed by atoms with Gasteiger partial charge < -0.3 is 5.32 Å². The summed E-state index contributed by atoms with van der Waals surface area (Å²) < 4.78 is 1.40. The number of aryl methyl sites for hydroxylation is 2. The van der Waals surface area contributed by atoms with Gasteiger partial charge in [0.15, 0.2) is 5.65 Å². The fraction of sp³-hybridized carbons (Fsp3) is 0.190. The van der Waals surface area contributed by atoms with Gasteiger partial charge in [-0.25, -0.2) is 19.5 Å². The van der Waals surface area contributed by atoms with E-state index < -0.39 is 0 Å². The molecular weight excluding hydrogens is 368 g/mol. The number of fused-ring (bicyclic) bond motifs is 1. The molecule has 0 fully saturated rings. The fourth-order valence-corrected chi connectivity index (χ4v) is 3.26. The lowest BCUT2D eigenvalue weighted by Crippen LogP contribution is -2.31. The molecule has 0 radical (unpaired) electrons. The Hall–Kier alpha value is -3.81. The van der Waals surface area contributed by atoms with Crippen LogP contribution in [0, 0.1) is 13.8 Å². The Morgan fingerprint density at radius 1 is 1.21 bits per heavy atom. The van der Waals surface area contributed by atoms with Crippen LogP contribution in [-0.2, 0) is 6.42 Å². The summed E-state index contributed by atoms with van der Waals surface area (Å²) in [5.41, 5.74) is 3.74. The molecule has 4 aromatic rings. The number of nitrogens with one attached hydrogen (secondary N) is 2. The van der Waals surface area contributed by atoms with Crippen LogP contribution >= 0.6 is 0 Å². The van der Waals surface area contributed by atoms with Crippen molar-refractivity contribution in [3.05, 3.63) is 93.6 Å². The lowest BCUT2D eigenvalue weighted by atomic mass is 10.0. The van der Waals surface area contributed by atoms with Gasteiger partial charge in [-0.3, -0.25) is 14.7 Å². The van der Waals surface area contributed by atoms with Crippen molar-refractivity contribution >= 4 is 11.6 Å². The van der Waals surface area contributed by atoms with E-state index in [1.54, 1.807) is 6.92 Å². The number of amides is 1. The van der Waals surface area contributed by atoms with Gasteiger partial charge in [0.05, 0.1) is 23.0 Å². The second kappa shape index (κ2) is 7.67. The predicted molar refractivity (Wildman–Crippen MR) is 108 cm³/mol. The maximum absolute atomic E-state index is 12.8. The number of nitrogens with zero attached hydrogens (tertiary/aromatic N) is 4. The zero-order valence-electron chi connectivity index (χ0n) is 16.1. The summed E-state index contributed by atoms with van der Waals surface area (Å²) in [7, 11) is 0. The lowest BCUT2D eigenvalue weighted by Gasteiger charge is -2.19. The third-order valence-corrected chi connectivity index (χ3v) is 4.71. The quantitative estimate of drug-likeness (QED) is 0.545. The predicted octanol–water partition coefficient (Wildman–Crippen LogP) is 2.14. The molecule has 0 aliphatic carbocycles. The smallest absolute Gasteiger partial charge is 0.272 e. The van der Waals surface area contributed by atoms with E-state index in [0.29, 0.717) is 29.0 Å². The van der Waals surface area contributed by atoms with Gasteiger partial charge in [0, 0.05) is 30.4 Å². The average Bonchev–Trinajstić information content (AvgIpc) is 3.09. The highest BCUT2D eigenvalue weighted by Crippen LogP contribution is 2.18. The Morgan fingerprint density at radius 2 is 2.00 bits per heavy atom. The number of aromatic amines is 1. The number of hydrogen-bond donors (Lipinski definition) is 2. The van der Waals surface area contributed by atoms with Crippen molar-refractivity contribution in [2.24, 2.45) is 0 Å². The minimum Gasteiger partial charge on any atom is -0.345 e. The van der Waals surface area contributed by atoms with Crippen molar-refractivity contribution in [2.45, 2.75) is 26.3 Å². The number of carbonyl (C=O) groups is 1. The van der Waals surface area contributed by atoms with Crippen molar-refractivity contribution in [1.29, 1.82) is 0 Å². The molecule has 8 heteroatoms. The highest BCUT2D eigenvalue weighted by atomic mass is 16.1. The van der Waals surface area contributed by atoms with Crippen LogP contribution in [0.1, 0.15) is 39.0 Å². The van der Waals surface area contributed by atoms with Gasteiger partial charge in [-0.05, 0) is 19.4 Å². The third-order valence-electron chi connectivity index (χ3n) is 4.71. The van der Waals surface area contributed by atoms with E-state index in [-0.39, 0.29) is 17.5 Å². The molecule has 29 heavy (non-hydrogen) atoms. The first-order chi connectivity index (χ1) is 14.0. The summed E-state index contributed by atoms with van der Waals surface area (Å²) in [6, 6.07) is 12.5. The Balaban J connectivity index is 1.67. The minimum atomic E-state index is -0.363. The Morgan fingerprint density at radius 3 is 2.76 bits per heavy atom. The van der Waals surface area contributed by atoms with Crippen molar-refractivity contribution in [2.75, 3.05) is 0 Å². The SMILES string of the molecule is Cc1cc2nc(CC(NC(=O)c3cncnc3C)c3ccccc3)cc(=O)n2[nH]1. The summed E-state index contributed by atoms with van der Waals surface area (Å²) in [5.74, 6) is -0.271. The van der Waals surface area contributed by atoms with Gasteiger partial charge in [0.2, 0.25) is 0 Å². The van der Waals surface area contributed by atoms with Crippen LogP contribution in [0.5, 0.6) is 0 Å². The number of rotatable bonds is 5. The number of aromatic nitrogens is 5. The van der Waals surface area contributed by atoms with Crippen LogP contribution in [0.25, 0.3) is 5.65 Å². The molecule has 0 aliphatic heterocycles. The monoisotopic (exact) mass is 388 g/mol. The van der Waals surface area contributed by atoms with E-state index in [1.165, 1.54) is 23.1 Å². The molecule has 0 saturated carbocycles. The van der Waals surface area contributed by atoms with Gasteiger partial charge in [-0.1, -0.05) is 30.3 Å². The van der Waals surface area contributed by atoms with Gasteiger partial charge in [-0.15, -0.1) is 0 Å². The normalized spacial score (nSPS) is 12.1. The second-order valence-electron chi connectivity index (χ2n) is 6.88. The Bertz CT molecular complexity index is 1230. The molecule has 3 heterocycles. The molecule has 3 aromatic heterocycles. The zero-order chi connectivity index (χ0) is 20.4. The standard InChI is InChI=1S/C21H20N6O2/c1-13-8-19-24-16(10-20(28)27(19)26-13)9-18(15-6-4-3-5-7-15)25-21(29)17-11-22-12-23-14(17)2/h3-8,10-12,18,26H,9H2,1-2H3,(H,25,29). The van der Waals surface area contributed by atoms with E-state index >= 15 is 0 Å². The largest absolute Gasteiger partial charge is 0.345 e. The first kappa shape index (κ1) is 18.5. The molecule has 0 bridgehead atoms. The van der Waals surface area contributed by atoms with Crippen LogP contribution in [0.15, 0.2) is 59.8 Å². The highest BCUT2D eigenvalue weighted by Gasteiger charge is 2.19. The van der Waals surface area contributed by atoms with Crippen LogP contribution in [0.2, 0.25) is 0 Å². The molecule has 1 aromatic carbocycles. The lowest BCUT2D eigenvalue weighted by molar-refractivity contribution is 0.0935. The third kappa shape index (κ3) is 3.91. The molecule has 8 nitrogen and oxygen atoms in total. The Labute approximate surface area is 166 Å². The first-order valence-electron chi connectivity index (χ1n) is 9.22. The second-order valence-corrected chi connectivity index (χ2v) is 6.88. The van der Waals surface area contributed by atoms with Gasteiger partial charge in [-0.2, -0.15) is 0 Å². The fourth-order valence-electron chi connectivity index (χ4n) is 3.26. The number of H-pyrrole nitrogens is 1. The average molecular weight is 388 g/mol. The molecule has 0 spiro atoms. The molecule has 1 amide bonds. The van der Waals surface area contributed by atoms with Crippen LogP contribution < -0.4 is 10.9 Å². The number of benzene rings is 1. The maximum atomic E-state index is 12.8. The summed E-state index contributed by atoms with van der Waals surface area (Å²) in [4.78, 5) is 37.8. The summed E-state index contributed by atoms with van der Waals surface area (Å²) >= 11 is 0. The summed E-state index contributed by atoms with van der Waals surface area (Å²) in [5, 5.41) is 5.99. The maximum Gasteiger partial charge on any atom is 0.272 e. The van der Waals surface area contributed by atoms with E-state index in [4.69, 9.17) is 0 Å². The first-order valence-corrected chi connectivity index (χ1v) is 9.22. The molecule has 2 N–H and O–H groups in total. The molecular formula is C21H20N6O2. The van der Waals surface area contributed by atoms with Crippen LogP contribution in [0.3, 0.4) is 0 Å². The van der Waals surface area contributed by atoms with E-state index in [2.05, 4.69) is 25.4 Å². The molecule has 146 valence electrons. The highest BCUT2D eigenvalue weighted by molar-refractivity contribution is 5.95.